The topological polar surface area (TPSA) is 88.8 Å². The van der Waals surface area contributed by atoms with Crippen LogP contribution in [0.2, 0.25) is 0 Å². The van der Waals surface area contributed by atoms with E-state index in [0.717, 1.165) is 34.3 Å². The molecule has 0 aliphatic rings. The Morgan fingerprint density at radius 2 is 1.90 bits per heavy atom. The first-order valence-electron chi connectivity index (χ1n) is 9.70. The zero-order valence-corrected chi connectivity index (χ0v) is 16.8. The van der Waals surface area contributed by atoms with Crippen LogP contribution in [-0.4, -0.2) is 36.2 Å². The number of benzene rings is 1. The van der Waals surface area contributed by atoms with Gasteiger partial charge in [-0.15, -0.1) is 0 Å². The van der Waals surface area contributed by atoms with Gasteiger partial charge in [-0.2, -0.15) is 0 Å². The minimum absolute atomic E-state index is 0.239. The lowest BCUT2D eigenvalue weighted by molar-refractivity contribution is 0.475. The molecule has 29 heavy (non-hydrogen) atoms. The number of phenolic OH excluding ortho intramolecular Hbond substituents is 1. The molecule has 7 nitrogen and oxygen atoms in total. The molecule has 3 heterocycles. The first-order chi connectivity index (χ1) is 14.0. The predicted molar refractivity (Wildman–Crippen MR) is 114 cm³/mol. The Kier molecular flexibility index (Phi) is 5.12. The average molecular weight is 388 g/mol. The molecule has 2 N–H and O–H groups in total. The number of aryl methyl sites for hydroxylation is 1. The molecule has 0 unspecified atom stereocenters. The molecule has 0 atom stereocenters. The number of nitrogens with zero attached hydrogens (tertiary/aromatic N) is 5. The van der Waals surface area contributed by atoms with Crippen LogP contribution in [0.25, 0.3) is 22.6 Å². The Morgan fingerprint density at radius 3 is 2.62 bits per heavy atom. The van der Waals surface area contributed by atoms with E-state index in [2.05, 4.69) is 33.7 Å². The number of imidazole rings is 1. The van der Waals surface area contributed by atoms with Crippen molar-refractivity contribution in [3.05, 3.63) is 60.2 Å². The van der Waals surface area contributed by atoms with E-state index in [0.29, 0.717) is 18.2 Å². The molecule has 0 aliphatic carbocycles. The van der Waals surface area contributed by atoms with E-state index in [9.17, 15) is 5.11 Å². The molecule has 4 aromatic rings. The third-order valence-corrected chi connectivity index (χ3v) is 4.90. The Bertz CT molecular complexity index is 1130. The average Bonchev–Trinajstić information content (AvgIpc) is 3.14. The van der Waals surface area contributed by atoms with Crippen LogP contribution in [0.1, 0.15) is 31.0 Å². The quantitative estimate of drug-likeness (QED) is 0.516. The maximum atomic E-state index is 9.44. The number of aromatic nitrogens is 5. The molecule has 3 aromatic heterocycles. The lowest BCUT2D eigenvalue weighted by Gasteiger charge is -2.12. The van der Waals surface area contributed by atoms with Crippen molar-refractivity contribution < 1.29 is 5.11 Å². The highest BCUT2D eigenvalue weighted by Gasteiger charge is 2.16. The SMILES string of the molecule is Cc1ccncc1-c1nc(NCCc2ccc(O)cc2)c2ncn(C(C)C)c2n1. The number of hydrogen-bond donors (Lipinski definition) is 2. The van der Waals surface area contributed by atoms with E-state index in [1.165, 1.54) is 0 Å². The van der Waals surface area contributed by atoms with Crippen LogP contribution < -0.4 is 5.32 Å². The summed E-state index contributed by atoms with van der Waals surface area (Å²) in [5, 5.41) is 12.9. The van der Waals surface area contributed by atoms with Crippen molar-refractivity contribution in [2.45, 2.75) is 33.2 Å². The van der Waals surface area contributed by atoms with E-state index in [4.69, 9.17) is 9.97 Å². The first kappa shape index (κ1) is 18.9. The van der Waals surface area contributed by atoms with Crippen LogP contribution in [0.4, 0.5) is 5.82 Å². The first-order valence-corrected chi connectivity index (χ1v) is 9.70. The maximum Gasteiger partial charge on any atom is 0.166 e. The van der Waals surface area contributed by atoms with Gasteiger partial charge in [-0.25, -0.2) is 15.0 Å². The van der Waals surface area contributed by atoms with Gasteiger partial charge in [0, 0.05) is 30.5 Å². The Morgan fingerprint density at radius 1 is 1.10 bits per heavy atom. The molecule has 1 aromatic carbocycles. The van der Waals surface area contributed by atoms with Crippen molar-refractivity contribution in [1.82, 2.24) is 24.5 Å². The predicted octanol–water partition coefficient (Wildman–Crippen LogP) is 4.14. The third-order valence-electron chi connectivity index (χ3n) is 4.90. The zero-order chi connectivity index (χ0) is 20.4. The van der Waals surface area contributed by atoms with Crippen LogP contribution in [0.5, 0.6) is 5.75 Å². The largest absolute Gasteiger partial charge is 0.508 e. The van der Waals surface area contributed by atoms with Crippen LogP contribution in [-0.2, 0) is 6.42 Å². The van der Waals surface area contributed by atoms with Crippen molar-refractivity contribution in [3.63, 3.8) is 0 Å². The van der Waals surface area contributed by atoms with Gasteiger partial charge in [0.05, 0.1) is 6.33 Å². The molecule has 0 bridgehead atoms. The number of phenols is 1. The minimum Gasteiger partial charge on any atom is -0.508 e. The molecule has 0 saturated heterocycles. The van der Waals surface area contributed by atoms with Crippen molar-refractivity contribution in [2.75, 3.05) is 11.9 Å². The number of fused-ring (bicyclic) bond motifs is 1. The fourth-order valence-corrected chi connectivity index (χ4v) is 3.22. The van der Waals surface area contributed by atoms with Crippen LogP contribution >= 0.6 is 0 Å². The van der Waals surface area contributed by atoms with E-state index >= 15 is 0 Å². The number of anilines is 1. The van der Waals surface area contributed by atoms with E-state index in [-0.39, 0.29) is 11.8 Å². The molecule has 0 aliphatic heterocycles. The highest BCUT2D eigenvalue weighted by molar-refractivity contribution is 5.85. The second-order valence-corrected chi connectivity index (χ2v) is 7.35. The highest BCUT2D eigenvalue weighted by Crippen LogP contribution is 2.27. The summed E-state index contributed by atoms with van der Waals surface area (Å²) in [6.45, 7) is 6.94. The standard InChI is InChI=1S/C22H24N6O/c1-14(2)28-13-25-19-21(24-11-9-16-4-6-17(29)7-5-16)26-20(27-22(19)28)18-12-23-10-8-15(18)3/h4-8,10,12-14,29H,9,11H2,1-3H3,(H,24,26,27). The van der Waals surface area contributed by atoms with E-state index < -0.39 is 0 Å². The Labute approximate surface area is 169 Å². The molecule has 0 spiro atoms. The maximum absolute atomic E-state index is 9.44. The summed E-state index contributed by atoms with van der Waals surface area (Å²) in [7, 11) is 0. The van der Waals surface area contributed by atoms with Gasteiger partial charge in [0.25, 0.3) is 0 Å². The number of rotatable bonds is 6. The van der Waals surface area contributed by atoms with Gasteiger partial charge in [-0.05, 0) is 56.5 Å². The fraction of sp³-hybridized carbons (Fsp3) is 0.273. The monoisotopic (exact) mass is 388 g/mol. The minimum atomic E-state index is 0.239. The summed E-state index contributed by atoms with van der Waals surface area (Å²) in [4.78, 5) is 18.4. The molecule has 0 radical (unpaired) electrons. The smallest absolute Gasteiger partial charge is 0.166 e. The third kappa shape index (κ3) is 3.89. The van der Waals surface area contributed by atoms with Gasteiger partial charge >= 0.3 is 0 Å². The summed E-state index contributed by atoms with van der Waals surface area (Å²) >= 11 is 0. The molecule has 148 valence electrons. The van der Waals surface area contributed by atoms with Crippen molar-refractivity contribution in [2.24, 2.45) is 0 Å². The summed E-state index contributed by atoms with van der Waals surface area (Å²) in [5.74, 6) is 1.62. The lowest BCUT2D eigenvalue weighted by Crippen LogP contribution is -2.09. The second kappa shape index (κ2) is 7.87. The molecule has 0 amide bonds. The molecule has 4 rings (SSSR count). The number of nitrogens with one attached hydrogen (secondary N) is 1. The Hall–Kier alpha value is -3.48. The normalized spacial score (nSPS) is 11.3. The van der Waals surface area contributed by atoms with Gasteiger partial charge in [0.15, 0.2) is 17.3 Å². The number of hydrogen-bond acceptors (Lipinski definition) is 6. The van der Waals surface area contributed by atoms with Gasteiger partial charge in [0.1, 0.15) is 11.3 Å². The van der Waals surface area contributed by atoms with E-state index in [1.54, 1.807) is 24.5 Å². The van der Waals surface area contributed by atoms with Crippen LogP contribution in [0.3, 0.4) is 0 Å². The fourth-order valence-electron chi connectivity index (χ4n) is 3.22. The van der Waals surface area contributed by atoms with Gasteiger partial charge in [0.2, 0.25) is 0 Å². The Balaban J connectivity index is 1.69. The summed E-state index contributed by atoms with van der Waals surface area (Å²) in [6, 6.07) is 9.44. The highest BCUT2D eigenvalue weighted by atomic mass is 16.3. The van der Waals surface area contributed by atoms with Gasteiger partial charge in [-0.1, -0.05) is 12.1 Å². The summed E-state index contributed by atoms with van der Waals surface area (Å²) < 4.78 is 2.05. The number of aromatic hydroxyl groups is 1. The molecular weight excluding hydrogens is 364 g/mol. The molecule has 7 heteroatoms. The molecule has 0 saturated carbocycles. The molecular formula is C22H24N6O. The van der Waals surface area contributed by atoms with Crippen LogP contribution in [0.15, 0.2) is 49.1 Å². The summed E-state index contributed by atoms with van der Waals surface area (Å²) in [5.41, 5.74) is 4.68. The summed E-state index contributed by atoms with van der Waals surface area (Å²) in [6.07, 6.45) is 6.19. The van der Waals surface area contributed by atoms with Gasteiger partial charge in [-0.3, -0.25) is 4.98 Å². The molecule has 0 fully saturated rings. The van der Waals surface area contributed by atoms with E-state index in [1.807, 2.05) is 31.5 Å². The second-order valence-electron chi connectivity index (χ2n) is 7.35. The van der Waals surface area contributed by atoms with Crippen molar-refractivity contribution in [1.29, 1.82) is 0 Å². The zero-order valence-electron chi connectivity index (χ0n) is 16.8. The van der Waals surface area contributed by atoms with Crippen LogP contribution in [0, 0.1) is 6.92 Å². The van der Waals surface area contributed by atoms with Crippen molar-refractivity contribution in [3.8, 4) is 17.1 Å². The van der Waals surface area contributed by atoms with Crippen molar-refractivity contribution >= 4 is 17.0 Å². The number of pyridine rings is 1. The van der Waals surface area contributed by atoms with Gasteiger partial charge < -0.3 is 15.0 Å². The lowest BCUT2D eigenvalue weighted by atomic mass is 10.1.